The molecule has 0 aliphatic carbocycles. The zero-order valence-corrected chi connectivity index (χ0v) is 24.4. The van der Waals surface area contributed by atoms with Crippen LogP contribution in [0.2, 0.25) is 5.02 Å². The molecule has 0 spiro atoms. The van der Waals surface area contributed by atoms with Crippen molar-refractivity contribution in [2.75, 3.05) is 26.3 Å². The van der Waals surface area contributed by atoms with E-state index >= 15 is 0 Å². The number of cyclic esters (lactones) is 1. The van der Waals surface area contributed by atoms with E-state index in [0.717, 1.165) is 19.3 Å². The summed E-state index contributed by atoms with van der Waals surface area (Å²) < 4.78 is 37.9. The van der Waals surface area contributed by atoms with Crippen LogP contribution in [0.3, 0.4) is 0 Å². The van der Waals surface area contributed by atoms with Gasteiger partial charge in [0.15, 0.2) is 12.4 Å². The van der Waals surface area contributed by atoms with Gasteiger partial charge in [-0.15, -0.1) is 0 Å². The van der Waals surface area contributed by atoms with Crippen LogP contribution < -0.4 is 9.05 Å². The SMILES string of the molecule is O=C1OCCC=CCCC=CC(=NOCC(=O)N2CCCCC2)Cc2c(Cl)c(OP(=O)(O)O)cc(OP(=O)(O)O)c21. The van der Waals surface area contributed by atoms with Crippen molar-refractivity contribution in [2.24, 2.45) is 5.16 Å². The highest BCUT2D eigenvalue weighted by Gasteiger charge is 2.32. The van der Waals surface area contributed by atoms with Crippen LogP contribution in [0, 0.1) is 0 Å². The summed E-state index contributed by atoms with van der Waals surface area (Å²) in [5, 5.41) is 3.55. The standard InChI is InChI=1S/C24H31ClN2O12P2/c25-23-18-14-17(26-37-16-21(28)27-11-7-5-8-12-27)10-6-3-1-2-4-9-13-36-24(29)22(18)19(38-40(30,31)32)15-20(23)39-41(33,34)35/h2,4,6,10,15H,1,3,5,7-9,11-14,16H2,(H2,30,31,32)(H2,33,34,35). The normalized spacial score (nSPS) is 18.3. The Hall–Kier alpha value is -2.70. The number of oxime groups is 1. The van der Waals surface area contributed by atoms with Crippen LogP contribution in [0.5, 0.6) is 11.5 Å². The highest BCUT2D eigenvalue weighted by Crippen LogP contribution is 2.48. The third-order valence-corrected chi connectivity index (χ3v) is 7.14. The molecule has 0 radical (unpaired) electrons. The van der Waals surface area contributed by atoms with E-state index in [9.17, 15) is 38.3 Å². The van der Waals surface area contributed by atoms with Crippen LogP contribution in [0.25, 0.3) is 0 Å². The molecule has 1 fully saturated rings. The summed E-state index contributed by atoms with van der Waals surface area (Å²) in [5.74, 6) is -2.86. The van der Waals surface area contributed by atoms with Crippen molar-refractivity contribution >= 4 is 44.8 Å². The second kappa shape index (κ2) is 15.0. The Morgan fingerprint density at radius 1 is 0.976 bits per heavy atom. The predicted molar refractivity (Wildman–Crippen MR) is 147 cm³/mol. The van der Waals surface area contributed by atoms with Gasteiger partial charge in [0.1, 0.15) is 11.3 Å². The molecule has 1 saturated heterocycles. The average Bonchev–Trinajstić information content (AvgIpc) is 2.88. The maximum atomic E-state index is 13.1. The summed E-state index contributed by atoms with van der Waals surface area (Å²) in [5.41, 5.74) is -0.639. The minimum Gasteiger partial charge on any atom is -0.462 e. The summed E-state index contributed by atoms with van der Waals surface area (Å²) in [7, 11) is -10.5. The number of ether oxygens (including phenoxy) is 1. The number of carbonyl (C=O) groups is 2. The molecular weight excluding hydrogens is 606 g/mol. The zero-order chi connectivity index (χ0) is 30.0. The smallest absolute Gasteiger partial charge is 0.462 e. The van der Waals surface area contributed by atoms with Gasteiger partial charge in [0.2, 0.25) is 0 Å². The Morgan fingerprint density at radius 3 is 2.29 bits per heavy atom. The van der Waals surface area contributed by atoms with E-state index in [0.29, 0.717) is 38.4 Å². The second-order valence-electron chi connectivity index (χ2n) is 9.05. The quantitative estimate of drug-likeness (QED) is 0.147. The van der Waals surface area contributed by atoms with E-state index in [-0.39, 0.29) is 36.8 Å². The maximum Gasteiger partial charge on any atom is 0.524 e. The highest BCUT2D eigenvalue weighted by molar-refractivity contribution is 7.47. The van der Waals surface area contributed by atoms with E-state index in [1.165, 1.54) is 6.08 Å². The minimum atomic E-state index is -5.30. The number of phosphoric acid groups is 2. The highest BCUT2D eigenvalue weighted by atomic mass is 35.5. The number of phosphoric ester groups is 2. The number of piperidine rings is 1. The first-order chi connectivity index (χ1) is 19.3. The van der Waals surface area contributed by atoms with Crippen molar-refractivity contribution in [1.29, 1.82) is 0 Å². The van der Waals surface area contributed by atoms with Crippen molar-refractivity contribution in [3.63, 3.8) is 0 Å². The van der Waals surface area contributed by atoms with Crippen molar-refractivity contribution < 1.29 is 56.9 Å². The number of amides is 1. The molecule has 0 unspecified atom stereocenters. The Balaban J connectivity index is 2.08. The molecule has 41 heavy (non-hydrogen) atoms. The van der Waals surface area contributed by atoms with Crippen molar-refractivity contribution in [3.8, 4) is 11.5 Å². The number of rotatable bonds is 7. The lowest BCUT2D eigenvalue weighted by Gasteiger charge is -2.26. The molecule has 2 heterocycles. The molecule has 0 atom stereocenters. The fraction of sp³-hybridized carbons (Fsp3) is 0.458. The fourth-order valence-corrected chi connectivity index (χ4v) is 5.20. The van der Waals surface area contributed by atoms with Crippen LogP contribution >= 0.6 is 27.2 Å². The number of likely N-dealkylation sites (tertiary alicyclic amines) is 1. The lowest BCUT2D eigenvalue weighted by Crippen LogP contribution is -2.37. The van der Waals surface area contributed by atoms with Gasteiger partial charge in [-0.1, -0.05) is 35.0 Å². The topological polar surface area (TPSA) is 202 Å². The van der Waals surface area contributed by atoms with Crippen LogP contribution in [0.1, 0.15) is 54.4 Å². The number of nitrogens with zero attached hydrogens (tertiary/aromatic N) is 2. The Kier molecular flexibility index (Phi) is 12.0. The van der Waals surface area contributed by atoms with Crippen molar-refractivity contribution in [3.05, 3.63) is 46.5 Å². The molecule has 17 heteroatoms. The molecule has 0 aromatic heterocycles. The zero-order valence-electron chi connectivity index (χ0n) is 21.9. The van der Waals surface area contributed by atoms with Gasteiger partial charge in [0.25, 0.3) is 5.91 Å². The number of fused-ring (bicyclic) bond motifs is 1. The number of carbonyl (C=O) groups excluding carboxylic acids is 2. The van der Waals surface area contributed by atoms with E-state index < -0.39 is 43.7 Å². The van der Waals surface area contributed by atoms with Crippen LogP contribution in [-0.4, -0.2) is 68.4 Å². The van der Waals surface area contributed by atoms with Gasteiger partial charge in [-0.05, 0) is 50.2 Å². The number of esters is 1. The maximum absolute atomic E-state index is 13.1. The molecule has 0 bridgehead atoms. The third kappa shape index (κ3) is 10.9. The first-order valence-corrected chi connectivity index (χ1v) is 16.1. The Labute approximate surface area is 241 Å². The first-order valence-electron chi connectivity index (χ1n) is 12.6. The molecule has 1 amide bonds. The minimum absolute atomic E-state index is 0.0962. The molecule has 1 aromatic carbocycles. The van der Waals surface area contributed by atoms with E-state index in [1.54, 1.807) is 17.1 Å². The summed E-state index contributed by atoms with van der Waals surface area (Å²) >= 11 is 6.43. The summed E-state index contributed by atoms with van der Waals surface area (Å²) in [6, 6.07) is 0.671. The van der Waals surface area contributed by atoms with Gasteiger partial charge in [0, 0.05) is 25.6 Å². The molecule has 4 N–H and O–H groups in total. The summed E-state index contributed by atoms with van der Waals surface area (Å²) in [4.78, 5) is 70.3. The molecule has 2 aliphatic rings. The number of hydrogen-bond donors (Lipinski definition) is 4. The van der Waals surface area contributed by atoms with E-state index in [4.69, 9.17) is 21.2 Å². The largest absolute Gasteiger partial charge is 0.524 e. The van der Waals surface area contributed by atoms with Gasteiger partial charge in [-0.25, -0.2) is 13.9 Å². The fourth-order valence-electron chi connectivity index (χ4n) is 4.09. The first kappa shape index (κ1) is 32.8. The van der Waals surface area contributed by atoms with Crippen LogP contribution in [0.15, 0.2) is 35.5 Å². The number of halogens is 1. The number of allylic oxidation sites excluding steroid dienone is 3. The molecular formula is C24H31ClN2O12P2. The van der Waals surface area contributed by atoms with Gasteiger partial charge in [-0.3, -0.25) is 24.4 Å². The van der Waals surface area contributed by atoms with Crippen molar-refractivity contribution in [1.82, 2.24) is 4.90 Å². The van der Waals surface area contributed by atoms with Crippen LogP contribution in [-0.2, 0) is 29.9 Å². The van der Waals surface area contributed by atoms with E-state index in [1.807, 2.05) is 6.08 Å². The Bertz CT molecular complexity index is 1300. The Morgan fingerprint density at radius 2 is 1.61 bits per heavy atom. The summed E-state index contributed by atoms with van der Waals surface area (Å²) in [6.07, 6.45) is 11.0. The molecule has 226 valence electrons. The molecule has 14 nitrogen and oxygen atoms in total. The van der Waals surface area contributed by atoms with Crippen molar-refractivity contribution in [2.45, 2.75) is 44.9 Å². The van der Waals surface area contributed by atoms with Gasteiger partial charge in [-0.2, -0.15) is 0 Å². The van der Waals surface area contributed by atoms with Gasteiger partial charge < -0.3 is 23.5 Å². The van der Waals surface area contributed by atoms with Gasteiger partial charge in [0.05, 0.1) is 17.3 Å². The number of benzene rings is 1. The van der Waals surface area contributed by atoms with E-state index in [2.05, 4.69) is 14.2 Å². The third-order valence-electron chi connectivity index (χ3n) is 5.86. The van der Waals surface area contributed by atoms with Gasteiger partial charge >= 0.3 is 21.6 Å². The average molecular weight is 637 g/mol. The number of hydrogen-bond acceptors (Lipinski definition) is 9. The predicted octanol–water partition coefficient (Wildman–Crippen LogP) is 3.66. The molecule has 2 aliphatic heterocycles. The second-order valence-corrected chi connectivity index (χ2v) is 11.8. The lowest BCUT2D eigenvalue weighted by molar-refractivity contribution is -0.137. The molecule has 0 saturated carbocycles. The lowest BCUT2D eigenvalue weighted by atomic mass is 9.99. The molecule has 3 rings (SSSR count). The molecule has 1 aromatic rings. The van der Waals surface area contributed by atoms with Crippen LogP contribution in [0.4, 0.5) is 0 Å². The monoisotopic (exact) mass is 636 g/mol. The summed E-state index contributed by atoms with van der Waals surface area (Å²) in [6.45, 7) is 0.765.